The molecule has 7 heteroatoms. The number of nitrogen functional groups attached to an aromatic ring is 1. The number of hydrogen-bond donors (Lipinski definition) is 4. The number of aromatic amines is 2. The SMILES string of the molecule is Cc1nc2nc(N)cc(-c3cc4cc(CNC[C@H]5CCCO5)ccc4[nH]3)c2[nH]1. The van der Waals surface area contributed by atoms with Crippen molar-refractivity contribution < 1.29 is 4.74 Å². The molecule has 0 amide bonds. The zero-order valence-corrected chi connectivity index (χ0v) is 15.9. The van der Waals surface area contributed by atoms with E-state index in [1.807, 2.05) is 13.0 Å². The lowest BCUT2D eigenvalue weighted by molar-refractivity contribution is 0.110. The van der Waals surface area contributed by atoms with Crippen molar-refractivity contribution in [3.05, 3.63) is 41.7 Å². The average Bonchev–Trinajstić information content (AvgIpc) is 3.39. The molecule has 1 saturated heterocycles. The van der Waals surface area contributed by atoms with Gasteiger partial charge in [-0.3, -0.25) is 0 Å². The number of nitrogens with one attached hydrogen (secondary N) is 3. The van der Waals surface area contributed by atoms with E-state index in [1.54, 1.807) is 0 Å². The van der Waals surface area contributed by atoms with Crippen molar-refractivity contribution in [3.8, 4) is 11.3 Å². The van der Waals surface area contributed by atoms with Gasteiger partial charge in [0.2, 0.25) is 0 Å². The van der Waals surface area contributed by atoms with Crippen LogP contribution in [0.15, 0.2) is 30.3 Å². The summed E-state index contributed by atoms with van der Waals surface area (Å²) in [6.07, 6.45) is 2.69. The monoisotopic (exact) mass is 376 g/mol. The van der Waals surface area contributed by atoms with Crippen LogP contribution in [0.4, 0.5) is 5.82 Å². The zero-order chi connectivity index (χ0) is 19.1. The first-order chi connectivity index (χ1) is 13.7. The van der Waals surface area contributed by atoms with E-state index in [0.717, 1.165) is 54.2 Å². The summed E-state index contributed by atoms with van der Waals surface area (Å²) in [5.74, 6) is 1.29. The van der Waals surface area contributed by atoms with Crippen LogP contribution in [0.3, 0.4) is 0 Å². The van der Waals surface area contributed by atoms with E-state index in [2.05, 4.69) is 49.5 Å². The van der Waals surface area contributed by atoms with Gasteiger partial charge in [0.1, 0.15) is 11.6 Å². The minimum absolute atomic E-state index is 0.361. The molecule has 1 aromatic carbocycles. The van der Waals surface area contributed by atoms with Gasteiger partial charge in [-0.1, -0.05) is 6.07 Å². The maximum atomic E-state index is 6.00. The number of ether oxygens (including phenoxy) is 1. The molecule has 0 spiro atoms. The molecule has 0 unspecified atom stereocenters. The van der Waals surface area contributed by atoms with Crippen LogP contribution in [0.5, 0.6) is 0 Å². The molecule has 1 aliphatic rings. The largest absolute Gasteiger partial charge is 0.384 e. The Bertz CT molecular complexity index is 1140. The highest BCUT2D eigenvalue weighted by Gasteiger charge is 2.15. The van der Waals surface area contributed by atoms with Crippen molar-refractivity contribution in [1.29, 1.82) is 0 Å². The molecule has 7 nitrogen and oxygen atoms in total. The fourth-order valence-corrected chi connectivity index (χ4v) is 3.96. The van der Waals surface area contributed by atoms with Gasteiger partial charge in [-0.2, -0.15) is 0 Å². The molecule has 1 fully saturated rings. The van der Waals surface area contributed by atoms with E-state index >= 15 is 0 Å². The fraction of sp³-hybridized carbons (Fsp3) is 0.333. The molecule has 0 radical (unpaired) electrons. The minimum atomic E-state index is 0.361. The Morgan fingerprint density at radius 1 is 1.21 bits per heavy atom. The van der Waals surface area contributed by atoms with Gasteiger partial charge in [-0.15, -0.1) is 0 Å². The van der Waals surface area contributed by atoms with Crippen molar-refractivity contribution in [2.75, 3.05) is 18.9 Å². The van der Waals surface area contributed by atoms with Crippen LogP contribution in [0.25, 0.3) is 33.3 Å². The van der Waals surface area contributed by atoms with Crippen molar-refractivity contribution in [1.82, 2.24) is 25.3 Å². The molecule has 3 aromatic heterocycles. The number of aromatic nitrogens is 4. The van der Waals surface area contributed by atoms with Crippen LogP contribution in [0.2, 0.25) is 0 Å². The van der Waals surface area contributed by atoms with Crippen molar-refractivity contribution in [2.24, 2.45) is 0 Å². The van der Waals surface area contributed by atoms with Gasteiger partial charge in [0, 0.05) is 41.9 Å². The first-order valence-electron chi connectivity index (χ1n) is 9.73. The molecule has 4 aromatic rings. The van der Waals surface area contributed by atoms with E-state index in [0.29, 0.717) is 17.6 Å². The Morgan fingerprint density at radius 3 is 3.00 bits per heavy atom. The Kier molecular flexibility index (Phi) is 4.26. The number of imidazole rings is 1. The summed E-state index contributed by atoms with van der Waals surface area (Å²) < 4.78 is 5.67. The number of H-pyrrole nitrogens is 2. The number of aryl methyl sites for hydroxylation is 1. The molecule has 5 N–H and O–H groups in total. The summed E-state index contributed by atoms with van der Waals surface area (Å²) in [7, 11) is 0. The summed E-state index contributed by atoms with van der Waals surface area (Å²) in [6.45, 7) is 4.56. The number of benzene rings is 1. The molecule has 0 aliphatic carbocycles. The third-order valence-corrected chi connectivity index (χ3v) is 5.30. The Morgan fingerprint density at radius 2 is 2.14 bits per heavy atom. The average molecular weight is 376 g/mol. The molecule has 5 rings (SSSR count). The standard InChI is InChI=1S/C21H24N6O/c1-12-24-20-16(9-19(22)27-21(20)25-12)18-8-14-7-13(4-5-17(14)26-18)10-23-11-15-3-2-6-28-15/h4-5,7-9,15,23,26H,2-3,6,10-11H2,1H3,(H3,22,24,25,27)/t15-/m1/s1. The van der Waals surface area contributed by atoms with E-state index in [4.69, 9.17) is 10.5 Å². The Hall–Kier alpha value is -2.90. The van der Waals surface area contributed by atoms with Crippen molar-refractivity contribution >= 4 is 27.9 Å². The van der Waals surface area contributed by atoms with Gasteiger partial charge in [0.05, 0.1) is 11.6 Å². The summed E-state index contributed by atoms with van der Waals surface area (Å²) >= 11 is 0. The second-order valence-corrected chi connectivity index (χ2v) is 7.49. The lowest BCUT2D eigenvalue weighted by Crippen LogP contribution is -2.25. The lowest BCUT2D eigenvalue weighted by Gasteiger charge is -2.10. The van der Waals surface area contributed by atoms with Crippen LogP contribution >= 0.6 is 0 Å². The molecule has 1 atom stereocenters. The first-order valence-corrected chi connectivity index (χ1v) is 9.73. The number of nitrogens with two attached hydrogens (primary N) is 1. The maximum absolute atomic E-state index is 6.00. The van der Waals surface area contributed by atoms with Crippen LogP contribution in [0.1, 0.15) is 24.2 Å². The quantitative estimate of drug-likeness (QED) is 0.428. The smallest absolute Gasteiger partial charge is 0.180 e. The zero-order valence-electron chi connectivity index (χ0n) is 15.9. The van der Waals surface area contributed by atoms with Gasteiger partial charge in [-0.25, -0.2) is 9.97 Å². The summed E-state index contributed by atoms with van der Waals surface area (Å²) in [6, 6.07) is 10.5. The second kappa shape index (κ2) is 6.92. The summed E-state index contributed by atoms with van der Waals surface area (Å²) in [4.78, 5) is 15.5. The number of fused-ring (bicyclic) bond motifs is 2. The predicted octanol–water partition coefficient (Wildman–Crippen LogP) is 3.27. The number of rotatable bonds is 5. The molecule has 28 heavy (non-hydrogen) atoms. The predicted molar refractivity (Wildman–Crippen MR) is 111 cm³/mol. The van der Waals surface area contributed by atoms with Gasteiger partial charge >= 0.3 is 0 Å². The molecule has 1 aliphatic heterocycles. The van der Waals surface area contributed by atoms with Crippen LogP contribution in [-0.4, -0.2) is 39.2 Å². The van der Waals surface area contributed by atoms with Crippen molar-refractivity contribution in [2.45, 2.75) is 32.4 Å². The van der Waals surface area contributed by atoms with E-state index in [-0.39, 0.29) is 0 Å². The fourth-order valence-electron chi connectivity index (χ4n) is 3.96. The van der Waals surface area contributed by atoms with Gasteiger partial charge in [0.25, 0.3) is 0 Å². The Balaban J connectivity index is 1.42. The van der Waals surface area contributed by atoms with Gasteiger partial charge in [-0.05, 0) is 49.6 Å². The van der Waals surface area contributed by atoms with Crippen LogP contribution in [0, 0.1) is 6.92 Å². The van der Waals surface area contributed by atoms with E-state index < -0.39 is 0 Å². The molecule has 0 saturated carbocycles. The maximum Gasteiger partial charge on any atom is 0.180 e. The van der Waals surface area contributed by atoms with Crippen molar-refractivity contribution in [3.63, 3.8) is 0 Å². The second-order valence-electron chi connectivity index (χ2n) is 7.49. The van der Waals surface area contributed by atoms with E-state index in [1.165, 1.54) is 17.4 Å². The third-order valence-electron chi connectivity index (χ3n) is 5.30. The van der Waals surface area contributed by atoms with Crippen LogP contribution < -0.4 is 11.1 Å². The number of anilines is 1. The van der Waals surface area contributed by atoms with E-state index in [9.17, 15) is 0 Å². The highest BCUT2D eigenvalue weighted by atomic mass is 16.5. The molecular weight excluding hydrogens is 352 g/mol. The topological polar surface area (TPSA) is 105 Å². The Labute approximate surface area is 162 Å². The first kappa shape index (κ1) is 17.2. The normalized spacial score (nSPS) is 17.1. The summed E-state index contributed by atoms with van der Waals surface area (Å²) in [5.41, 5.74) is 11.9. The number of hydrogen-bond acceptors (Lipinski definition) is 5. The number of pyridine rings is 1. The number of nitrogens with zero attached hydrogens (tertiary/aromatic N) is 2. The molecule has 4 heterocycles. The minimum Gasteiger partial charge on any atom is -0.384 e. The van der Waals surface area contributed by atoms with Crippen LogP contribution in [-0.2, 0) is 11.3 Å². The van der Waals surface area contributed by atoms with Gasteiger partial charge in [0.15, 0.2) is 5.65 Å². The highest BCUT2D eigenvalue weighted by Crippen LogP contribution is 2.30. The molecule has 0 bridgehead atoms. The lowest BCUT2D eigenvalue weighted by atomic mass is 10.1. The molecular formula is C21H24N6O. The molecule has 144 valence electrons. The summed E-state index contributed by atoms with van der Waals surface area (Å²) in [5, 5.41) is 4.68. The highest BCUT2D eigenvalue weighted by molar-refractivity contribution is 5.95. The van der Waals surface area contributed by atoms with Gasteiger partial charge < -0.3 is 25.8 Å². The third kappa shape index (κ3) is 3.23.